The van der Waals surface area contributed by atoms with Gasteiger partial charge >= 0.3 is 5.69 Å². The fourth-order valence-corrected chi connectivity index (χ4v) is 3.37. The van der Waals surface area contributed by atoms with E-state index in [0.29, 0.717) is 11.5 Å². The highest BCUT2D eigenvalue weighted by atomic mass is 19.1. The van der Waals surface area contributed by atoms with Crippen molar-refractivity contribution in [1.29, 1.82) is 0 Å². The van der Waals surface area contributed by atoms with Crippen LogP contribution < -0.4 is 11.2 Å². The number of rotatable bonds is 3. The second-order valence-corrected chi connectivity index (χ2v) is 6.81. The first-order valence-electron chi connectivity index (χ1n) is 8.73. The van der Waals surface area contributed by atoms with E-state index < -0.39 is 11.2 Å². The standard InChI is InChI=1S/C19H19FN6O2/c1-11-9-12(2)26(22-11)18-21-16-15(17(27)24(4)19(28)23(16)3)25(18)10-13-7-5-6-8-14(13)20/h5-9H,10H2,1-4H3. The summed E-state index contributed by atoms with van der Waals surface area (Å²) in [5.41, 5.74) is 1.47. The van der Waals surface area contributed by atoms with E-state index in [4.69, 9.17) is 0 Å². The minimum absolute atomic E-state index is 0.0737. The number of nitrogens with zero attached hydrogens (tertiary/aromatic N) is 6. The van der Waals surface area contributed by atoms with Crippen LogP contribution in [0.5, 0.6) is 0 Å². The third-order valence-electron chi connectivity index (χ3n) is 4.81. The van der Waals surface area contributed by atoms with Crippen LogP contribution in [-0.2, 0) is 20.6 Å². The van der Waals surface area contributed by atoms with Crippen molar-refractivity contribution in [1.82, 2.24) is 28.5 Å². The van der Waals surface area contributed by atoms with Crippen molar-refractivity contribution < 1.29 is 4.39 Å². The molecule has 0 fully saturated rings. The largest absolute Gasteiger partial charge is 0.332 e. The lowest BCUT2D eigenvalue weighted by Gasteiger charge is -2.11. The molecular formula is C19H19FN6O2. The van der Waals surface area contributed by atoms with Gasteiger partial charge in [-0.3, -0.25) is 18.5 Å². The summed E-state index contributed by atoms with van der Waals surface area (Å²) in [6.07, 6.45) is 0. The lowest BCUT2D eigenvalue weighted by molar-refractivity contribution is 0.596. The number of halogens is 1. The SMILES string of the molecule is Cc1cc(C)n(-c2nc3c(c(=O)n(C)c(=O)n3C)n2Cc2ccccc2F)n1. The van der Waals surface area contributed by atoms with E-state index in [1.54, 1.807) is 34.5 Å². The van der Waals surface area contributed by atoms with Crippen molar-refractivity contribution in [2.24, 2.45) is 14.1 Å². The number of fused-ring (bicyclic) bond motifs is 1. The summed E-state index contributed by atoms with van der Waals surface area (Å²) in [5, 5.41) is 4.45. The molecule has 0 amide bonds. The van der Waals surface area contributed by atoms with Crippen LogP contribution in [0.1, 0.15) is 17.0 Å². The summed E-state index contributed by atoms with van der Waals surface area (Å²) in [6.45, 7) is 3.79. The van der Waals surface area contributed by atoms with Crippen LogP contribution in [0, 0.1) is 19.7 Å². The van der Waals surface area contributed by atoms with Crippen molar-refractivity contribution in [3.63, 3.8) is 0 Å². The maximum Gasteiger partial charge on any atom is 0.332 e. The molecule has 144 valence electrons. The highest BCUT2D eigenvalue weighted by Crippen LogP contribution is 2.20. The molecule has 1 aromatic carbocycles. The molecule has 4 aromatic rings. The first-order chi connectivity index (χ1) is 13.3. The molecule has 0 saturated heterocycles. The number of hydrogen-bond acceptors (Lipinski definition) is 4. The molecule has 0 N–H and O–H groups in total. The third-order valence-corrected chi connectivity index (χ3v) is 4.81. The molecule has 3 heterocycles. The van der Waals surface area contributed by atoms with Gasteiger partial charge in [-0.2, -0.15) is 10.1 Å². The van der Waals surface area contributed by atoms with Crippen molar-refractivity contribution in [3.05, 3.63) is 73.9 Å². The van der Waals surface area contributed by atoms with Gasteiger partial charge < -0.3 is 0 Å². The molecule has 0 unspecified atom stereocenters. The van der Waals surface area contributed by atoms with E-state index >= 15 is 0 Å². The second kappa shape index (κ2) is 6.29. The Morgan fingerprint density at radius 3 is 2.43 bits per heavy atom. The van der Waals surface area contributed by atoms with E-state index in [1.165, 1.54) is 17.7 Å². The third kappa shape index (κ3) is 2.58. The zero-order chi connectivity index (χ0) is 20.2. The van der Waals surface area contributed by atoms with Crippen molar-refractivity contribution >= 4 is 11.2 Å². The Hall–Kier alpha value is -3.49. The van der Waals surface area contributed by atoms with Gasteiger partial charge in [0.2, 0.25) is 5.95 Å². The van der Waals surface area contributed by atoms with E-state index in [2.05, 4.69) is 10.1 Å². The second-order valence-electron chi connectivity index (χ2n) is 6.81. The summed E-state index contributed by atoms with van der Waals surface area (Å²) >= 11 is 0. The summed E-state index contributed by atoms with van der Waals surface area (Å²) in [5.74, 6) is -0.0348. The number of hydrogen-bond donors (Lipinski definition) is 0. The van der Waals surface area contributed by atoms with Crippen molar-refractivity contribution in [3.8, 4) is 5.95 Å². The monoisotopic (exact) mass is 382 g/mol. The number of imidazole rings is 1. The van der Waals surface area contributed by atoms with Crippen LogP contribution in [0.25, 0.3) is 17.1 Å². The van der Waals surface area contributed by atoms with Gasteiger partial charge in [-0.1, -0.05) is 18.2 Å². The Morgan fingerprint density at radius 1 is 1.07 bits per heavy atom. The van der Waals surface area contributed by atoms with Gasteiger partial charge in [-0.05, 0) is 26.0 Å². The molecule has 0 bridgehead atoms. The normalized spacial score (nSPS) is 11.5. The van der Waals surface area contributed by atoms with Gasteiger partial charge in [0.15, 0.2) is 11.2 Å². The lowest BCUT2D eigenvalue weighted by atomic mass is 10.2. The number of benzene rings is 1. The Bertz CT molecular complexity index is 1340. The predicted octanol–water partition coefficient (Wildman–Crippen LogP) is 1.42. The van der Waals surface area contributed by atoms with Crippen molar-refractivity contribution in [2.75, 3.05) is 0 Å². The molecule has 0 radical (unpaired) electrons. The molecule has 0 atom stereocenters. The smallest absolute Gasteiger partial charge is 0.298 e. The quantitative estimate of drug-likeness (QED) is 0.537. The molecule has 3 aromatic heterocycles. The highest BCUT2D eigenvalue weighted by molar-refractivity contribution is 5.73. The lowest BCUT2D eigenvalue weighted by Crippen LogP contribution is -2.37. The molecule has 0 aliphatic heterocycles. The van der Waals surface area contributed by atoms with E-state index in [-0.39, 0.29) is 23.5 Å². The summed E-state index contributed by atoms with van der Waals surface area (Å²) in [6, 6.07) is 8.23. The molecule has 0 aliphatic carbocycles. The molecule has 0 spiro atoms. The Labute approximate surface area is 159 Å². The Morgan fingerprint density at radius 2 is 1.79 bits per heavy atom. The van der Waals surface area contributed by atoms with Gasteiger partial charge in [-0.25, -0.2) is 13.9 Å². The average Bonchev–Trinajstić information content (AvgIpc) is 3.19. The minimum Gasteiger partial charge on any atom is -0.298 e. The topological polar surface area (TPSA) is 79.6 Å². The van der Waals surface area contributed by atoms with Gasteiger partial charge in [0, 0.05) is 25.4 Å². The molecule has 28 heavy (non-hydrogen) atoms. The van der Waals surface area contributed by atoms with Crippen LogP contribution in [0.2, 0.25) is 0 Å². The van der Waals surface area contributed by atoms with Crippen LogP contribution in [-0.4, -0.2) is 28.5 Å². The average molecular weight is 382 g/mol. The zero-order valence-electron chi connectivity index (χ0n) is 16.0. The highest BCUT2D eigenvalue weighted by Gasteiger charge is 2.22. The fourth-order valence-electron chi connectivity index (χ4n) is 3.37. The number of aryl methyl sites for hydroxylation is 3. The molecule has 4 rings (SSSR count). The van der Waals surface area contributed by atoms with Gasteiger partial charge in [0.1, 0.15) is 5.82 Å². The molecule has 8 nitrogen and oxygen atoms in total. The summed E-state index contributed by atoms with van der Waals surface area (Å²) in [4.78, 5) is 29.8. The molecule has 0 aliphatic rings. The summed E-state index contributed by atoms with van der Waals surface area (Å²) in [7, 11) is 2.96. The van der Waals surface area contributed by atoms with Gasteiger partial charge in [-0.15, -0.1) is 0 Å². The zero-order valence-corrected chi connectivity index (χ0v) is 16.0. The van der Waals surface area contributed by atoms with E-state index in [0.717, 1.165) is 16.0 Å². The van der Waals surface area contributed by atoms with Crippen LogP contribution in [0.4, 0.5) is 4.39 Å². The van der Waals surface area contributed by atoms with Crippen LogP contribution in [0.3, 0.4) is 0 Å². The van der Waals surface area contributed by atoms with Gasteiger partial charge in [0.05, 0.1) is 12.2 Å². The minimum atomic E-state index is -0.491. The summed E-state index contributed by atoms with van der Waals surface area (Å²) < 4.78 is 19.9. The van der Waals surface area contributed by atoms with Gasteiger partial charge in [0.25, 0.3) is 5.56 Å². The van der Waals surface area contributed by atoms with Crippen LogP contribution >= 0.6 is 0 Å². The maximum absolute atomic E-state index is 14.3. The molecule has 9 heteroatoms. The maximum atomic E-state index is 14.3. The first-order valence-corrected chi connectivity index (χ1v) is 8.73. The Balaban J connectivity index is 2.11. The number of aromatic nitrogens is 6. The Kier molecular flexibility index (Phi) is 4.02. The van der Waals surface area contributed by atoms with E-state index in [1.807, 2.05) is 19.9 Å². The molecular weight excluding hydrogens is 363 g/mol. The molecule has 0 saturated carbocycles. The van der Waals surface area contributed by atoms with Crippen LogP contribution in [0.15, 0.2) is 39.9 Å². The first kappa shape index (κ1) is 17.9. The fraction of sp³-hybridized carbons (Fsp3) is 0.263. The predicted molar refractivity (Wildman–Crippen MR) is 102 cm³/mol. The van der Waals surface area contributed by atoms with E-state index in [9.17, 15) is 14.0 Å². The van der Waals surface area contributed by atoms with Crippen molar-refractivity contribution in [2.45, 2.75) is 20.4 Å².